The Hall–Kier alpha value is -2.99. The third-order valence-corrected chi connectivity index (χ3v) is 5.57. The fourth-order valence-corrected chi connectivity index (χ4v) is 4.34. The Kier molecular flexibility index (Phi) is 3.84. The monoisotopic (exact) mass is 385 g/mol. The molecule has 0 spiro atoms. The first-order valence-electron chi connectivity index (χ1n) is 9.18. The van der Waals surface area contributed by atoms with Gasteiger partial charge in [-0.15, -0.1) is 8.78 Å². The maximum atomic E-state index is 13.7. The molecule has 0 bridgehead atoms. The molecule has 0 radical (unpaired) electrons. The van der Waals surface area contributed by atoms with Gasteiger partial charge in [0.15, 0.2) is 17.3 Å². The number of alkyl halides is 2. The van der Waals surface area contributed by atoms with Gasteiger partial charge in [-0.2, -0.15) is 10.4 Å². The van der Waals surface area contributed by atoms with Crippen molar-refractivity contribution in [1.29, 1.82) is 5.26 Å². The Morgan fingerprint density at radius 1 is 1.18 bits per heavy atom. The highest BCUT2D eigenvalue weighted by atomic mass is 19.3. The van der Waals surface area contributed by atoms with Crippen LogP contribution in [0, 0.1) is 23.2 Å². The highest BCUT2D eigenvalue weighted by molar-refractivity contribution is 5.96. The lowest BCUT2D eigenvalue weighted by Gasteiger charge is -2.33. The van der Waals surface area contributed by atoms with Crippen LogP contribution in [-0.2, 0) is 0 Å². The molecule has 1 aromatic heterocycles. The summed E-state index contributed by atoms with van der Waals surface area (Å²) in [6, 6.07) is 7.12. The van der Waals surface area contributed by atoms with Gasteiger partial charge in [-0.1, -0.05) is 12.1 Å². The summed E-state index contributed by atoms with van der Waals surface area (Å²) in [5.74, 6) is -0.466. The molecular formula is C19H17F2N5O2. The van der Waals surface area contributed by atoms with Crippen LogP contribution in [0.15, 0.2) is 29.4 Å². The van der Waals surface area contributed by atoms with Crippen molar-refractivity contribution >= 4 is 11.5 Å². The molecule has 3 aliphatic heterocycles. The molecule has 1 fully saturated rings. The predicted molar refractivity (Wildman–Crippen MR) is 94.9 cm³/mol. The number of benzene rings is 1. The molecule has 1 saturated heterocycles. The van der Waals surface area contributed by atoms with Gasteiger partial charge in [0.05, 0.1) is 18.2 Å². The second-order valence-electron chi connectivity index (χ2n) is 7.16. The summed E-state index contributed by atoms with van der Waals surface area (Å²) in [6.07, 6.45) is -0.379. The summed E-state index contributed by atoms with van der Waals surface area (Å²) in [5, 5.41) is 20.3. The number of aromatic amines is 1. The zero-order valence-electron chi connectivity index (χ0n) is 14.8. The molecule has 0 aliphatic carbocycles. The Bertz CT molecular complexity index is 990. The normalized spacial score (nSPS) is 25.7. The van der Waals surface area contributed by atoms with E-state index in [0.717, 1.165) is 31.6 Å². The zero-order chi connectivity index (χ0) is 19.3. The van der Waals surface area contributed by atoms with Crippen molar-refractivity contribution < 1.29 is 18.3 Å². The summed E-state index contributed by atoms with van der Waals surface area (Å²) in [4.78, 5) is 4.71. The van der Waals surface area contributed by atoms with Crippen molar-refractivity contribution in [3.63, 3.8) is 0 Å². The minimum atomic E-state index is -3.72. The van der Waals surface area contributed by atoms with Gasteiger partial charge in [0, 0.05) is 28.7 Å². The molecule has 4 heterocycles. The zero-order valence-corrected chi connectivity index (χ0v) is 14.8. The minimum absolute atomic E-state index is 0.0311. The maximum Gasteiger partial charge on any atom is 0.586 e. The van der Waals surface area contributed by atoms with Crippen molar-refractivity contribution in [1.82, 2.24) is 15.5 Å². The number of halogens is 2. The van der Waals surface area contributed by atoms with Gasteiger partial charge in [0.1, 0.15) is 0 Å². The second-order valence-corrected chi connectivity index (χ2v) is 7.16. The number of aromatic nitrogens is 2. The van der Waals surface area contributed by atoms with Crippen molar-refractivity contribution in [2.24, 2.45) is 16.8 Å². The van der Waals surface area contributed by atoms with Gasteiger partial charge >= 0.3 is 6.29 Å². The number of hydrogen-bond acceptors (Lipinski definition) is 6. The SMILES string of the molecule is N#CC1C(C2CCNCC2)=Nc2[nH]ncc2C1c1cccc2c1OC(F)(F)O2. The number of nitriles is 1. The molecule has 28 heavy (non-hydrogen) atoms. The van der Waals surface area contributed by atoms with Crippen molar-refractivity contribution in [3.05, 3.63) is 35.5 Å². The summed E-state index contributed by atoms with van der Waals surface area (Å²) in [6.45, 7) is 1.71. The van der Waals surface area contributed by atoms with Gasteiger partial charge in [-0.3, -0.25) is 5.10 Å². The van der Waals surface area contributed by atoms with E-state index in [-0.39, 0.29) is 17.4 Å². The van der Waals surface area contributed by atoms with Crippen LogP contribution in [-0.4, -0.2) is 35.3 Å². The first-order valence-corrected chi connectivity index (χ1v) is 9.18. The van der Waals surface area contributed by atoms with Crippen LogP contribution in [0.4, 0.5) is 14.6 Å². The summed E-state index contributed by atoms with van der Waals surface area (Å²) < 4.78 is 36.8. The third kappa shape index (κ3) is 2.64. The number of fused-ring (bicyclic) bond motifs is 2. The second kappa shape index (κ2) is 6.27. The average Bonchev–Trinajstić information content (AvgIpc) is 3.29. The molecule has 7 nitrogen and oxygen atoms in total. The largest absolute Gasteiger partial charge is 0.586 e. The number of para-hydroxylation sites is 1. The minimum Gasteiger partial charge on any atom is -0.395 e. The lowest BCUT2D eigenvalue weighted by Crippen LogP contribution is -2.37. The fourth-order valence-electron chi connectivity index (χ4n) is 4.34. The van der Waals surface area contributed by atoms with Crippen LogP contribution in [0.3, 0.4) is 0 Å². The number of nitrogens with zero attached hydrogens (tertiary/aromatic N) is 3. The molecule has 9 heteroatoms. The first-order chi connectivity index (χ1) is 13.6. The van der Waals surface area contributed by atoms with Crippen LogP contribution >= 0.6 is 0 Å². The van der Waals surface area contributed by atoms with Gasteiger partial charge in [-0.25, -0.2) is 4.99 Å². The Balaban J connectivity index is 1.64. The standard InChI is InChI=1S/C19H17F2N5O2/c20-19(21)27-14-3-1-2-11(17(14)28-19)15-12(8-22)16(10-4-6-23-7-5-10)25-18-13(15)9-24-26-18/h1-3,9-10,12,15,23H,4-7H2,(H,24,26). The summed E-state index contributed by atoms with van der Waals surface area (Å²) in [7, 11) is 0. The lowest BCUT2D eigenvalue weighted by molar-refractivity contribution is -0.287. The molecule has 2 unspecified atom stereocenters. The molecular weight excluding hydrogens is 368 g/mol. The van der Waals surface area contributed by atoms with Gasteiger partial charge in [0.2, 0.25) is 0 Å². The lowest BCUT2D eigenvalue weighted by atomic mass is 9.73. The quantitative estimate of drug-likeness (QED) is 0.828. The Morgan fingerprint density at radius 2 is 2.00 bits per heavy atom. The van der Waals surface area contributed by atoms with Crippen LogP contribution in [0.5, 0.6) is 11.5 Å². The van der Waals surface area contributed by atoms with E-state index in [1.165, 1.54) is 6.07 Å². The van der Waals surface area contributed by atoms with E-state index < -0.39 is 18.1 Å². The van der Waals surface area contributed by atoms with Gasteiger partial charge < -0.3 is 14.8 Å². The predicted octanol–water partition coefficient (Wildman–Crippen LogP) is 3.09. The van der Waals surface area contributed by atoms with Crippen LogP contribution < -0.4 is 14.8 Å². The number of H-pyrrole nitrogens is 1. The Morgan fingerprint density at radius 3 is 2.79 bits per heavy atom. The average molecular weight is 385 g/mol. The summed E-state index contributed by atoms with van der Waals surface area (Å²) in [5.41, 5.74) is 1.94. The van der Waals surface area contributed by atoms with E-state index in [9.17, 15) is 14.0 Å². The molecule has 2 atom stereocenters. The maximum absolute atomic E-state index is 13.7. The molecule has 2 N–H and O–H groups in total. The van der Waals surface area contributed by atoms with Crippen molar-refractivity contribution in [3.8, 4) is 17.6 Å². The molecule has 2 aromatic rings. The molecule has 3 aliphatic rings. The van der Waals surface area contributed by atoms with Gasteiger partial charge in [-0.05, 0) is 32.0 Å². The van der Waals surface area contributed by atoms with Crippen molar-refractivity contribution in [2.75, 3.05) is 13.1 Å². The van der Waals surface area contributed by atoms with Crippen molar-refractivity contribution in [2.45, 2.75) is 25.1 Å². The van der Waals surface area contributed by atoms with E-state index in [1.54, 1.807) is 18.3 Å². The number of nitrogens with one attached hydrogen (secondary N) is 2. The van der Waals surface area contributed by atoms with Gasteiger partial charge in [0.25, 0.3) is 0 Å². The molecule has 0 saturated carbocycles. The Labute approximate surface area is 159 Å². The highest BCUT2D eigenvalue weighted by Crippen LogP contribution is 2.51. The number of ether oxygens (including phenoxy) is 2. The number of piperidine rings is 1. The molecule has 144 valence electrons. The fraction of sp³-hybridized carbons (Fsp3) is 0.421. The van der Waals surface area contributed by atoms with E-state index in [4.69, 9.17) is 9.73 Å². The number of aliphatic imine (C=N–C) groups is 1. The molecule has 5 rings (SSSR count). The van der Waals surface area contributed by atoms with Crippen LogP contribution in [0.1, 0.15) is 29.9 Å². The van der Waals surface area contributed by atoms with E-state index >= 15 is 0 Å². The topological polar surface area (TPSA) is 95.3 Å². The highest BCUT2D eigenvalue weighted by Gasteiger charge is 2.47. The first kappa shape index (κ1) is 17.1. The molecule has 1 aromatic carbocycles. The van der Waals surface area contributed by atoms with E-state index in [0.29, 0.717) is 16.9 Å². The van der Waals surface area contributed by atoms with E-state index in [2.05, 4.69) is 26.3 Å². The number of hydrogen-bond donors (Lipinski definition) is 2. The van der Waals surface area contributed by atoms with E-state index in [1.807, 2.05) is 0 Å². The van der Waals surface area contributed by atoms with Crippen LogP contribution in [0.2, 0.25) is 0 Å². The number of rotatable bonds is 2. The van der Waals surface area contributed by atoms with Crippen LogP contribution in [0.25, 0.3) is 0 Å². The smallest absolute Gasteiger partial charge is 0.395 e. The molecule has 0 amide bonds. The summed E-state index contributed by atoms with van der Waals surface area (Å²) >= 11 is 0. The third-order valence-electron chi connectivity index (χ3n) is 5.57.